The van der Waals surface area contributed by atoms with Crippen molar-refractivity contribution in [1.82, 2.24) is 0 Å². The number of aryl methyl sites for hydroxylation is 1. The van der Waals surface area contributed by atoms with E-state index in [9.17, 15) is 14.4 Å². The normalized spacial score (nSPS) is 13.2. The van der Waals surface area contributed by atoms with Crippen molar-refractivity contribution in [1.29, 1.82) is 0 Å². The number of nitrogens with zero attached hydrogens (tertiary/aromatic N) is 1. The third-order valence-corrected chi connectivity index (χ3v) is 6.06. The highest BCUT2D eigenvalue weighted by atomic mass is 35.5. The molecule has 0 fully saturated rings. The minimum atomic E-state index is -0.590. The van der Waals surface area contributed by atoms with E-state index in [-0.39, 0.29) is 16.6 Å². The first-order valence-electron chi connectivity index (χ1n) is 11.1. The first-order chi connectivity index (χ1) is 17.4. The molecule has 3 aromatic carbocycles. The van der Waals surface area contributed by atoms with Crippen LogP contribution in [0.3, 0.4) is 0 Å². The van der Waals surface area contributed by atoms with E-state index >= 15 is 0 Å². The van der Waals surface area contributed by atoms with Crippen LogP contribution in [0.15, 0.2) is 77.5 Å². The Morgan fingerprint density at radius 3 is 2.33 bits per heavy atom. The summed E-state index contributed by atoms with van der Waals surface area (Å²) in [5.41, 5.74) is 2.66. The zero-order chi connectivity index (χ0) is 25.8. The molecular formula is C27H24ClN3O5. The first kappa shape index (κ1) is 24.8. The second kappa shape index (κ2) is 10.5. The summed E-state index contributed by atoms with van der Waals surface area (Å²) in [7, 11) is 3.04. The van der Waals surface area contributed by atoms with Gasteiger partial charge in [0, 0.05) is 17.3 Å². The second-order valence-electron chi connectivity index (χ2n) is 7.84. The van der Waals surface area contributed by atoms with E-state index < -0.39 is 11.8 Å². The fourth-order valence-corrected chi connectivity index (χ4v) is 4.03. The van der Waals surface area contributed by atoms with Crippen molar-refractivity contribution >= 4 is 46.4 Å². The lowest BCUT2D eigenvalue weighted by Crippen LogP contribution is -2.33. The van der Waals surface area contributed by atoms with Crippen LogP contribution in [0.4, 0.5) is 17.1 Å². The van der Waals surface area contributed by atoms with Crippen molar-refractivity contribution in [2.24, 2.45) is 0 Å². The molecule has 4 rings (SSSR count). The van der Waals surface area contributed by atoms with Crippen molar-refractivity contribution in [2.75, 3.05) is 29.8 Å². The molecule has 0 aliphatic carbocycles. The van der Waals surface area contributed by atoms with Gasteiger partial charge < -0.3 is 20.1 Å². The van der Waals surface area contributed by atoms with Gasteiger partial charge in [-0.15, -0.1) is 0 Å². The number of methoxy groups -OCH3 is 2. The smallest absolute Gasteiger partial charge is 0.283 e. The molecule has 0 saturated carbocycles. The van der Waals surface area contributed by atoms with Crippen LogP contribution in [0.2, 0.25) is 0 Å². The number of nitrogens with one attached hydrogen (secondary N) is 2. The molecule has 1 heterocycles. The first-order valence-corrected chi connectivity index (χ1v) is 11.5. The summed E-state index contributed by atoms with van der Waals surface area (Å²) in [4.78, 5) is 39.8. The molecule has 1 aliphatic rings. The third kappa shape index (κ3) is 4.76. The van der Waals surface area contributed by atoms with Gasteiger partial charge in [-0.1, -0.05) is 36.7 Å². The van der Waals surface area contributed by atoms with Crippen LogP contribution >= 0.6 is 11.6 Å². The number of ether oxygens (including phenoxy) is 2. The van der Waals surface area contributed by atoms with Crippen LogP contribution in [0.5, 0.6) is 11.5 Å². The molecule has 0 bridgehead atoms. The molecule has 2 N–H and O–H groups in total. The fourth-order valence-electron chi connectivity index (χ4n) is 3.81. The Morgan fingerprint density at radius 2 is 1.67 bits per heavy atom. The standard InChI is InChI=1S/C27H24ClN3O5/c1-4-16-7-5-6-8-21(16)31-26(33)23(28)24(27(31)34)29-18-11-9-17(10-12-18)25(32)30-20-15-19(35-2)13-14-22(20)36-3/h5-15,29H,4H2,1-3H3,(H,30,32). The number of carbonyl (C=O) groups excluding carboxylic acids is 3. The topological polar surface area (TPSA) is 97.0 Å². The number of halogens is 1. The number of imide groups is 1. The second-order valence-corrected chi connectivity index (χ2v) is 8.22. The van der Waals surface area contributed by atoms with Crippen molar-refractivity contribution in [2.45, 2.75) is 13.3 Å². The van der Waals surface area contributed by atoms with Crippen LogP contribution in [0.1, 0.15) is 22.8 Å². The molecule has 0 aromatic heterocycles. The van der Waals surface area contributed by atoms with Crippen LogP contribution < -0.4 is 25.0 Å². The predicted molar refractivity (Wildman–Crippen MR) is 139 cm³/mol. The molecular weight excluding hydrogens is 482 g/mol. The number of para-hydroxylation sites is 1. The molecule has 9 heteroatoms. The monoisotopic (exact) mass is 505 g/mol. The van der Waals surface area contributed by atoms with Gasteiger partial charge in [0.2, 0.25) is 0 Å². The van der Waals surface area contributed by atoms with Crippen LogP contribution in [-0.4, -0.2) is 31.9 Å². The van der Waals surface area contributed by atoms with Gasteiger partial charge in [-0.3, -0.25) is 14.4 Å². The quantitative estimate of drug-likeness (QED) is 0.420. The molecule has 1 aliphatic heterocycles. The van der Waals surface area contributed by atoms with Gasteiger partial charge >= 0.3 is 0 Å². The number of hydrogen-bond acceptors (Lipinski definition) is 6. The number of hydrogen-bond donors (Lipinski definition) is 2. The van der Waals surface area contributed by atoms with Crippen LogP contribution in [0.25, 0.3) is 0 Å². The maximum absolute atomic E-state index is 13.1. The number of anilines is 3. The Morgan fingerprint density at radius 1 is 0.944 bits per heavy atom. The SMILES string of the molecule is CCc1ccccc1N1C(=O)C(Cl)=C(Nc2ccc(C(=O)Nc3cc(OC)ccc3OC)cc2)C1=O. The minimum Gasteiger partial charge on any atom is -0.497 e. The largest absolute Gasteiger partial charge is 0.497 e. The van der Waals surface area contributed by atoms with Crippen molar-refractivity contribution in [3.63, 3.8) is 0 Å². The van der Waals surface area contributed by atoms with E-state index in [0.29, 0.717) is 40.5 Å². The molecule has 0 saturated heterocycles. The van der Waals surface area contributed by atoms with E-state index in [0.717, 1.165) is 10.5 Å². The molecule has 0 radical (unpaired) electrons. The van der Waals surface area contributed by atoms with Gasteiger partial charge in [0.25, 0.3) is 17.7 Å². The highest BCUT2D eigenvalue weighted by molar-refractivity contribution is 6.53. The highest BCUT2D eigenvalue weighted by Gasteiger charge is 2.39. The summed E-state index contributed by atoms with van der Waals surface area (Å²) in [6.07, 6.45) is 0.652. The van der Waals surface area contributed by atoms with E-state index in [4.69, 9.17) is 21.1 Å². The molecule has 8 nitrogen and oxygen atoms in total. The summed E-state index contributed by atoms with van der Waals surface area (Å²) in [6, 6.07) is 18.7. The van der Waals surface area contributed by atoms with Gasteiger partial charge in [0.1, 0.15) is 22.2 Å². The number of rotatable bonds is 8. The van der Waals surface area contributed by atoms with Gasteiger partial charge in [-0.05, 0) is 54.4 Å². The van der Waals surface area contributed by atoms with Crippen molar-refractivity contribution < 1.29 is 23.9 Å². The van der Waals surface area contributed by atoms with E-state index in [1.807, 2.05) is 19.1 Å². The van der Waals surface area contributed by atoms with Gasteiger partial charge in [0.05, 0.1) is 25.6 Å². The Labute approximate surface area is 213 Å². The molecule has 3 amide bonds. The lowest BCUT2D eigenvalue weighted by Gasteiger charge is -2.18. The number of benzene rings is 3. The van der Waals surface area contributed by atoms with Crippen molar-refractivity contribution in [3.05, 3.63) is 88.6 Å². The number of amides is 3. The van der Waals surface area contributed by atoms with Crippen LogP contribution in [-0.2, 0) is 16.0 Å². The molecule has 0 unspecified atom stereocenters. The van der Waals surface area contributed by atoms with Crippen molar-refractivity contribution in [3.8, 4) is 11.5 Å². The average molecular weight is 506 g/mol. The summed E-state index contributed by atoms with van der Waals surface area (Å²) in [5, 5.41) is 5.53. The lowest BCUT2D eigenvalue weighted by atomic mass is 10.1. The average Bonchev–Trinajstić information content (AvgIpc) is 3.11. The molecule has 184 valence electrons. The summed E-state index contributed by atoms with van der Waals surface area (Å²) < 4.78 is 10.5. The third-order valence-electron chi connectivity index (χ3n) is 5.71. The maximum Gasteiger partial charge on any atom is 0.283 e. The summed E-state index contributed by atoms with van der Waals surface area (Å²) in [6.45, 7) is 1.94. The molecule has 0 atom stereocenters. The van der Waals surface area contributed by atoms with E-state index in [1.165, 1.54) is 14.2 Å². The summed E-state index contributed by atoms with van der Waals surface area (Å²) in [5.74, 6) is -0.434. The zero-order valence-corrected chi connectivity index (χ0v) is 20.7. The Hall–Kier alpha value is -4.30. The van der Waals surface area contributed by atoms with Gasteiger partial charge in [0.15, 0.2) is 0 Å². The summed E-state index contributed by atoms with van der Waals surface area (Å²) >= 11 is 6.26. The predicted octanol–water partition coefficient (Wildman–Crippen LogP) is 4.95. The van der Waals surface area contributed by atoms with Gasteiger partial charge in [-0.25, -0.2) is 4.90 Å². The maximum atomic E-state index is 13.1. The van der Waals surface area contributed by atoms with E-state index in [2.05, 4.69) is 10.6 Å². The molecule has 3 aromatic rings. The molecule has 36 heavy (non-hydrogen) atoms. The highest BCUT2D eigenvalue weighted by Crippen LogP contribution is 2.33. The lowest BCUT2D eigenvalue weighted by molar-refractivity contribution is -0.120. The Bertz CT molecular complexity index is 1370. The molecule has 0 spiro atoms. The Kier molecular flexibility index (Phi) is 7.26. The number of carbonyl (C=O) groups is 3. The fraction of sp³-hybridized carbons (Fsp3) is 0.148. The Balaban J connectivity index is 1.50. The minimum absolute atomic E-state index is 0.0223. The zero-order valence-electron chi connectivity index (χ0n) is 19.9. The van der Waals surface area contributed by atoms with Gasteiger partial charge in [-0.2, -0.15) is 0 Å². The van der Waals surface area contributed by atoms with E-state index in [1.54, 1.807) is 54.6 Å². The van der Waals surface area contributed by atoms with Crippen LogP contribution in [0, 0.1) is 0 Å².